The maximum Gasteiger partial charge on any atom is 0.305 e. The molecule has 0 fully saturated rings. The molecule has 28 heavy (non-hydrogen) atoms. The Kier molecular flexibility index (Phi) is 11.9. The lowest BCUT2D eigenvalue weighted by molar-refractivity contribution is -0.144. The predicted octanol–water partition coefficient (Wildman–Crippen LogP) is 4.72. The van der Waals surface area contributed by atoms with Crippen LogP contribution in [0.5, 0.6) is 0 Å². The Labute approximate surface area is 168 Å². The van der Waals surface area contributed by atoms with E-state index in [4.69, 9.17) is 4.74 Å². The van der Waals surface area contributed by atoms with Gasteiger partial charge in [-0.1, -0.05) is 44.1 Å². The molecule has 0 aromatic carbocycles. The van der Waals surface area contributed by atoms with E-state index in [9.17, 15) is 14.4 Å². The molecule has 0 saturated heterocycles. The van der Waals surface area contributed by atoms with Crippen molar-refractivity contribution in [1.82, 2.24) is 0 Å². The van der Waals surface area contributed by atoms with Gasteiger partial charge in [-0.2, -0.15) is 0 Å². The van der Waals surface area contributed by atoms with Crippen molar-refractivity contribution in [3.8, 4) is 0 Å². The maximum atomic E-state index is 12.2. The molecular formula is C23H34O5. The van der Waals surface area contributed by atoms with Crippen LogP contribution in [0, 0.1) is 11.8 Å². The van der Waals surface area contributed by atoms with Gasteiger partial charge in [0.2, 0.25) is 0 Å². The number of hydrogen-bond acceptors (Lipinski definition) is 5. The van der Waals surface area contributed by atoms with Gasteiger partial charge in [-0.05, 0) is 50.2 Å². The van der Waals surface area contributed by atoms with Crippen molar-refractivity contribution < 1.29 is 23.9 Å². The van der Waals surface area contributed by atoms with Gasteiger partial charge in [-0.25, -0.2) is 0 Å². The van der Waals surface area contributed by atoms with Crippen molar-refractivity contribution in [2.75, 3.05) is 7.11 Å². The van der Waals surface area contributed by atoms with Crippen LogP contribution in [0.4, 0.5) is 0 Å². The molecule has 0 radical (unpaired) electrons. The molecule has 0 unspecified atom stereocenters. The quantitative estimate of drug-likeness (QED) is 0.259. The summed E-state index contributed by atoms with van der Waals surface area (Å²) in [5.74, 6) is -0.480. The second kappa shape index (κ2) is 13.9. The molecule has 0 amide bonds. The van der Waals surface area contributed by atoms with E-state index >= 15 is 0 Å². The van der Waals surface area contributed by atoms with Gasteiger partial charge in [0.05, 0.1) is 7.11 Å². The third-order valence-electron chi connectivity index (χ3n) is 4.79. The van der Waals surface area contributed by atoms with Crippen LogP contribution in [0.25, 0.3) is 0 Å². The van der Waals surface area contributed by atoms with Gasteiger partial charge in [0, 0.05) is 19.3 Å². The topological polar surface area (TPSA) is 69.7 Å². The zero-order valence-corrected chi connectivity index (χ0v) is 17.4. The van der Waals surface area contributed by atoms with Crippen molar-refractivity contribution in [3.63, 3.8) is 0 Å². The second-order valence-electron chi connectivity index (χ2n) is 7.16. The van der Waals surface area contributed by atoms with Crippen molar-refractivity contribution >= 4 is 17.7 Å². The van der Waals surface area contributed by atoms with Crippen LogP contribution >= 0.6 is 0 Å². The zero-order valence-electron chi connectivity index (χ0n) is 17.4. The average Bonchev–Trinajstić information content (AvgIpc) is 3.01. The van der Waals surface area contributed by atoms with Gasteiger partial charge in [0.25, 0.3) is 0 Å². The minimum atomic E-state index is -0.298. The third-order valence-corrected chi connectivity index (χ3v) is 4.79. The van der Waals surface area contributed by atoms with Crippen molar-refractivity contribution in [3.05, 3.63) is 36.5 Å². The van der Waals surface area contributed by atoms with Crippen LogP contribution in [-0.4, -0.2) is 30.9 Å². The second-order valence-corrected chi connectivity index (χ2v) is 7.16. The normalized spacial score (nSPS) is 20.2. The van der Waals surface area contributed by atoms with Gasteiger partial charge >= 0.3 is 11.9 Å². The van der Waals surface area contributed by atoms with Crippen LogP contribution in [0.2, 0.25) is 0 Å². The van der Waals surface area contributed by atoms with Gasteiger partial charge in [0.15, 0.2) is 5.78 Å². The molecule has 0 aliphatic heterocycles. The van der Waals surface area contributed by atoms with Crippen molar-refractivity contribution in [2.24, 2.45) is 11.8 Å². The summed E-state index contributed by atoms with van der Waals surface area (Å²) in [7, 11) is 1.39. The monoisotopic (exact) mass is 390 g/mol. The van der Waals surface area contributed by atoms with E-state index in [2.05, 4.69) is 17.7 Å². The third kappa shape index (κ3) is 9.67. The highest BCUT2D eigenvalue weighted by Crippen LogP contribution is 2.28. The smallest absolute Gasteiger partial charge is 0.305 e. The number of rotatable bonds is 13. The molecule has 0 heterocycles. The highest BCUT2D eigenvalue weighted by molar-refractivity contribution is 5.95. The van der Waals surface area contributed by atoms with E-state index < -0.39 is 0 Å². The van der Waals surface area contributed by atoms with Crippen molar-refractivity contribution in [1.29, 1.82) is 0 Å². The van der Waals surface area contributed by atoms with Gasteiger partial charge in [-0.15, -0.1) is 0 Å². The minimum absolute atomic E-state index is 0.0930. The Hall–Kier alpha value is -2.17. The number of methoxy groups -OCH3 is 1. The zero-order chi connectivity index (χ0) is 20.8. The Morgan fingerprint density at radius 3 is 2.68 bits per heavy atom. The van der Waals surface area contributed by atoms with Crippen LogP contribution in [0.1, 0.15) is 65.2 Å². The first-order valence-corrected chi connectivity index (χ1v) is 10.3. The van der Waals surface area contributed by atoms with Gasteiger partial charge in [0.1, 0.15) is 6.10 Å². The molecule has 5 nitrogen and oxygen atoms in total. The number of esters is 2. The number of ketones is 1. The lowest BCUT2D eigenvalue weighted by Crippen LogP contribution is -2.17. The highest BCUT2D eigenvalue weighted by Gasteiger charge is 2.27. The van der Waals surface area contributed by atoms with Crippen LogP contribution in [0.15, 0.2) is 36.5 Å². The molecule has 0 aromatic heterocycles. The lowest BCUT2D eigenvalue weighted by Gasteiger charge is -2.16. The lowest BCUT2D eigenvalue weighted by atomic mass is 9.90. The average molecular weight is 391 g/mol. The molecule has 0 saturated carbocycles. The Bertz CT molecular complexity index is 588. The number of carbonyl (C=O) groups excluding carboxylic acids is 3. The summed E-state index contributed by atoms with van der Waals surface area (Å²) in [4.78, 5) is 34.6. The van der Waals surface area contributed by atoms with E-state index in [-0.39, 0.29) is 35.7 Å². The van der Waals surface area contributed by atoms with Crippen LogP contribution in [-0.2, 0) is 23.9 Å². The summed E-state index contributed by atoms with van der Waals surface area (Å²) < 4.78 is 9.99. The summed E-state index contributed by atoms with van der Waals surface area (Å²) >= 11 is 0. The molecule has 1 aliphatic carbocycles. The summed E-state index contributed by atoms with van der Waals surface area (Å²) in [5.41, 5.74) is 0. The van der Waals surface area contributed by atoms with E-state index in [0.29, 0.717) is 6.42 Å². The summed E-state index contributed by atoms with van der Waals surface area (Å²) in [6.07, 6.45) is 17.9. The molecule has 0 bridgehead atoms. The minimum Gasteiger partial charge on any atom is -0.469 e. The number of allylic oxidation sites excluding steroid dienone is 5. The molecule has 156 valence electrons. The molecular weight excluding hydrogens is 356 g/mol. The van der Waals surface area contributed by atoms with Gasteiger partial charge in [-0.3, -0.25) is 14.4 Å². The summed E-state index contributed by atoms with van der Waals surface area (Å²) in [6, 6.07) is 0. The molecule has 0 aromatic rings. The summed E-state index contributed by atoms with van der Waals surface area (Å²) in [6.45, 7) is 3.55. The molecule has 3 atom stereocenters. The summed E-state index contributed by atoms with van der Waals surface area (Å²) in [5, 5.41) is 0. The first-order chi connectivity index (χ1) is 13.5. The molecule has 0 spiro atoms. The number of carbonyl (C=O) groups is 3. The van der Waals surface area contributed by atoms with Crippen LogP contribution < -0.4 is 0 Å². The molecule has 0 N–H and O–H groups in total. The molecule has 1 rings (SSSR count). The standard InChI is InChI=1S/C23H34O5/c1-4-5-8-12-20(28-18(2)24)15-16-21-19(14-17-22(21)25)11-9-6-7-10-13-23(26)27-3/h6,9,14-17,19-21H,4-5,7-8,10-13H2,1-3H3/b9-6-,16-15+/t19-,20-,21+/m0/s1. The Morgan fingerprint density at radius 2 is 2.00 bits per heavy atom. The fraction of sp³-hybridized carbons (Fsp3) is 0.609. The number of hydrogen-bond donors (Lipinski definition) is 0. The fourth-order valence-corrected chi connectivity index (χ4v) is 3.21. The Balaban J connectivity index is 2.53. The highest BCUT2D eigenvalue weighted by atomic mass is 16.5. The first-order valence-electron chi connectivity index (χ1n) is 10.3. The van der Waals surface area contributed by atoms with E-state index in [1.54, 1.807) is 6.08 Å². The van der Waals surface area contributed by atoms with E-state index in [1.165, 1.54) is 14.0 Å². The predicted molar refractivity (Wildman–Crippen MR) is 110 cm³/mol. The SMILES string of the molecule is CCCCC[C@@H](/C=C/[C@H]1C(=O)C=C[C@@H]1C/C=C\CCCC(=O)OC)OC(C)=O. The maximum absolute atomic E-state index is 12.2. The van der Waals surface area contributed by atoms with Crippen LogP contribution in [0.3, 0.4) is 0 Å². The number of unbranched alkanes of at least 4 members (excludes halogenated alkanes) is 3. The van der Waals surface area contributed by atoms with Crippen molar-refractivity contribution in [2.45, 2.75) is 71.3 Å². The largest absolute Gasteiger partial charge is 0.469 e. The van der Waals surface area contributed by atoms with E-state index in [1.807, 2.05) is 24.3 Å². The van der Waals surface area contributed by atoms with E-state index in [0.717, 1.165) is 44.9 Å². The fourth-order valence-electron chi connectivity index (χ4n) is 3.21. The molecule has 5 heteroatoms. The first kappa shape index (κ1) is 23.9. The number of ether oxygens (including phenoxy) is 2. The Morgan fingerprint density at radius 1 is 1.21 bits per heavy atom. The van der Waals surface area contributed by atoms with Gasteiger partial charge < -0.3 is 9.47 Å². The molecule has 1 aliphatic rings.